The first-order valence-corrected chi connectivity index (χ1v) is 23.4. The summed E-state index contributed by atoms with van der Waals surface area (Å²) < 4.78 is 11.0. The third-order valence-corrected chi connectivity index (χ3v) is 11.1. The Morgan fingerprint density at radius 1 is 0.491 bits per heavy atom. The Bertz CT molecular complexity index is 902. The molecule has 9 nitrogen and oxygen atoms in total. The third kappa shape index (κ3) is 30.8. The molecule has 1 saturated heterocycles. The number of amides is 3. The second-order valence-corrected chi connectivity index (χ2v) is 16.3. The van der Waals surface area contributed by atoms with Crippen LogP contribution in [0, 0.1) is 5.92 Å². The highest BCUT2D eigenvalue weighted by atomic mass is 16.5. The summed E-state index contributed by atoms with van der Waals surface area (Å²) in [6, 6.07) is 0. The Kier molecular flexibility index (Phi) is 34.9. The number of ketones is 1. The molecule has 0 spiro atoms. The van der Waals surface area contributed by atoms with E-state index in [1.807, 2.05) is 9.80 Å². The number of Topliss-reactive ketones (excluding diaryl/α,β-unsaturated/α-hetero) is 1. The highest BCUT2D eigenvalue weighted by Gasteiger charge is 2.31. The van der Waals surface area contributed by atoms with Crippen molar-refractivity contribution in [2.75, 3.05) is 59.2 Å². The van der Waals surface area contributed by atoms with E-state index in [0.29, 0.717) is 78.4 Å². The normalized spacial score (nSPS) is 13.7. The lowest BCUT2D eigenvalue weighted by molar-refractivity contribution is -0.133. The molecule has 0 bridgehead atoms. The highest BCUT2D eigenvalue weighted by molar-refractivity contribution is 5.83. The zero-order valence-corrected chi connectivity index (χ0v) is 36.3. The lowest BCUT2D eigenvalue weighted by Gasteiger charge is -2.24. The summed E-state index contributed by atoms with van der Waals surface area (Å²) in [6.07, 6.45) is 34.4. The van der Waals surface area contributed by atoms with E-state index in [1.54, 1.807) is 6.92 Å². The van der Waals surface area contributed by atoms with Gasteiger partial charge in [0, 0.05) is 53.4 Å². The average molecular weight is 780 g/mol. The van der Waals surface area contributed by atoms with Crippen LogP contribution in [0.4, 0.5) is 0 Å². The molecule has 3 amide bonds. The minimum Gasteiger partial charge on any atom is -0.379 e. The number of hydrogen-bond acceptors (Lipinski definition) is 6. The molecule has 0 radical (unpaired) electrons. The van der Waals surface area contributed by atoms with Crippen LogP contribution in [0.15, 0.2) is 0 Å². The maximum atomic E-state index is 13.4. The molecule has 0 unspecified atom stereocenters. The van der Waals surface area contributed by atoms with Crippen molar-refractivity contribution in [3.05, 3.63) is 0 Å². The Labute approximate surface area is 340 Å². The highest BCUT2D eigenvalue weighted by Crippen LogP contribution is 2.18. The summed E-state index contributed by atoms with van der Waals surface area (Å²) in [5, 5.41) is 2.98. The Morgan fingerprint density at radius 3 is 1.20 bits per heavy atom. The van der Waals surface area contributed by atoms with Gasteiger partial charge in [-0.25, -0.2) is 0 Å². The average Bonchev–Trinajstić information content (AvgIpc) is 3.41. The summed E-state index contributed by atoms with van der Waals surface area (Å²) in [6.45, 7) is 9.60. The maximum Gasteiger partial charge on any atom is 0.226 e. The molecule has 0 atom stereocenters. The zero-order chi connectivity index (χ0) is 40.0. The van der Waals surface area contributed by atoms with Gasteiger partial charge in [-0.2, -0.15) is 0 Å². The number of carbonyl (C=O) groups is 4. The summed E-state index contributed by atoms with van der Waals surface area (Å²) in [5.74, 6) is -0.314. The fraction of sp³-hybridized carbons (Fsp3) is 0.913. The second kappa shape index (κ2) is 37.6. The van der Waals surface area contributed by atoms with E-state index in [1.165, 1.54) is 141 Å². The smallest absolute Gasteiger partial charge is 0.226 e. The number of unbranched alkanes of at least 4 members (excludes halogenated alkanes) is 24. The van der Waals surface area contributed by atoms with Gasteiger partial charge in [0.15, 0.2) is 0 Å². The van der Waals surface area contributed by atoms with Gasteiger partial charge in [0.1, 0.15) is 5.78 Å². The first kappa shape index (κ1) is 51.0. The first-order valence-electron chi connectivity index (χ1n) is 23.4. The van der Waals surface area contributed by atoms with E-state index in [0.717, 1.165) is 25.7 Å². The lowest BCUT2D eigenvalue weighted by atomic mass is 10.0. The third-order valence-electron chi connectivity index (χ3n) is 11.1. The molecular weight excluding hydrogens is 691 g/mol. The Balaban J connectivity index is 0.0000302. The predicted molar refractivity (Wildman–Crippen MR) is 229 cm³/mol. The van der Waals surface area contributed by atoms with Crippen LogP contribution in [0.2, 0.25) is 0 Å². The predicted octanol–water partition coefficient (Wildman–Crippen LogP) is 10.6. The molecule has 0 aromatic heterocycles. The van der Waals surface area contributed by atoms with Gasteiger partial charge >= 0.3 is 0 Å². The van der Waals surface area contributed by atoms with Gasteiger partial charge in [-0.3, -0.25) is 19.2 Å². The van der Waals surface area contributed by atoms with Gasteiger partial charge in [-0.1, -0.05) is 168 Å². The molecule has 1 aliphatic rings. The van der Waals surface area contributed by atoms with Crippen molar-refractivity contribution < 1.29 is 30.1 Å². The lowest BCUT2D eigenvalue weighted by Crippen LogP contribution is -2.44. The molecule has 0 aliphatic carbocycles. The van der Waals surface area contributed by atoms with E-state index in [-0.39, 0.29) is 24.9 Å². The number of nitrogens with zero attached hydrogens (tertiary/aromatic N) is 2. The molecule has 9 heteroatoms. The second-order valence-electron chi connectivity index (χ2n) is 16.3. The molecule has 0 aromatic rings. The molecular formula is C46H89N3O6. The van der Waals surface area contributed by atoms with Gasteiger partial charge in [-0.05, 0) is 19.8 Å². The van der Waals surface area contributed by atoms with Crippen LogP contribution in [0.25, 0.3) is 0 Å². The molecule has 1 rings (SSSR count). The number of rotatable bonds is 38. The van der Waals surface area contributed by atoms with Crippen molar-refractivity contribution in [1.29, 1.82) is 0 Å². The van der Waals surface area contributed by atoms with Crippen LogP contribution in [-0.2, 0) is 28.7 Å². The molecule has 55 heavy (non-hydrogen) atoms. The topological polar surface area (TPSA) is 105 Å². The van der Waals surface area contributed by atoms with Gasteiger partial charge in [0.25, 0.3) is 0 Å². The van der Waals surface area contributed by atoms with Crippen LogP contribution in [0.1, 0.15) is 208 Å². The van der Waals surface area contributed by atoms with Crippen LogP contribution in [0.3, 0.4) is 0 Å². The molecule has 1 heterocycles. The zero-order valence-electron chi connectivity index (χ0n) is 36.3. The van der Waals surface area contributed by atoms with Crippen molar-refractivity contribution in [1.82, 2.24) is 15.1 Å². The van der Waals surface area contributed by atoms with Crippen molar-refractivity contribution in [2.45, 2.75) is 207 Å². The van der Waals surface area contributed by atoms with E-state index in [4.69, 9.17) is 9.47 Å². The summed E-state index contributed by atoms with van der Waals surface area (Å²) in [5.41, 5.74) is 0. The number of hydrogen-bond donors (Lipinski definition) is 1. The van der Waals surface area contributed by atoms with Crippen LogP contribution < -0.4 is 5.32 Å². The quantitative estimate of drug-likeness (QED) is 0.0626. The largest absolute Gasteiger partial charge is 0.379 e. The van der Waals surface area contributed by atoms with E-state index in [9.17, 15) is 19.2 Å². The summed E-state index contributed by atoms with van der Waals surface area (Å²) in [7, 11) is 0. The van der Waals surface area contributed by atoms with Crippen LogP contribution in [0.5, 0.6) is 0 Å². The minimum atomic E-state index is -0.469. The van der Waals surface area contributed by atoms with Crippen LogP contribution >= 0.6 is 0 Å². The van der Waals surface area contributed by atoms with E-state index in [2.05, 4.69) is 19.2 Å². The summed E-state index contributed by atoms with van der Waals surface area (Å²) >= 11 is 0. The first-order chi connectivity index (χ1) is 26.9. The molecule has 0 saturated carbocycles. The monoisotopic (exact) mass is 780 g/mol. The van der Waals surface area contributed by atoms with Crippen molar-refractivity contribution >= 4 is 23.5 Å². The summed E-state index contributed by atoms with van der Waals surface area (Å²) in [4.78, 5) is 54.9. The number of nitrogens with one attached hydrogen (secondary N) is 1. The molecule has 324 valence electrons. The fourth-order valence-electron chi connectivity index (χ4n) is 7.47. The van der Waals surface area contributed by atoms with Crippen molar-refractivity contribution in [2.24, 2.45) is 5.92 Å². The standard InChI is InChI=1S/C46H87N3O6.H2/c1-4-6-8-10-12-14-16-18-20-22-24-26-28-30-44(51)48-34-35-49(45(52)31-29-27-25-23-21-19-17-15-13-11-9-7-5-2)41-43(40-48)46(53)47-33-37-55-39-38-54-36-32-42(3)50;/h43H,4-41H2,1-3H3,(H,47,53);1H. The molecule has 1 aliphatic heterocycles. The van der Waals surface area contributed by atoms with E-state index >= 15 is 0 Å². The number of ether oxygens (including phenoxy) is 2. The molecule has 1 fully saturated rings. The van der Waals surface area contributed by atoms with Crippen molar-refractivity contribution in [3.63, 3.8) is 0 Å². The molecule has 1 N–H and O–H groups in total. The molecule has 0 aromatic carbocycles. The van der Waals surface area contributed by atoms with Gasteiger partial charge in [-0.15, -0.1) is 0 Å². The number of carbonyl (C=O) groups excluding carboxylic acids is 4. The SMILES string of the molecule is CCCCCCCCCCCCCCCC(=O)N1CCN(C(=O)CCCCCCCCCCCCCCC)CC(C(=O)NCCOCCOCCC(C)=O)C1.[HH]. The fourth-order valence-corrected chi connectivity index (χ4v) is 7.47. The van der Waals surface area contributed by atoms with E-state index < -0.39 is 5.92 Å². The van der Waals surface area contributed by atoms with Crippen molar-refractivity contribution in [3.8, 4) is 0 Å². The minimum absolute atomic E-state index is 0. The van der Waals surface area contributed by atoms with Gasteiger partial charge in [0.2, 0.25) is 17.7 Å². The van der Waals surface area contributed by atoms with Crippen LogP contribution in [-0.4, -0.2) is 92.5 Å². The maximum absolute atomic E-state index is 13.4. The van der Waals surface area contributed by atoms with Gasteiger partial charge < -0.3 is 24.6 Å². The van der Waals surface area contributed by atoms with Gasteiger partial charge in [0.05, 0.1) is 32.3 Å². The Hall–Kier alpha value is -2.00. The Morgan fingerprint density at radius 2 is 0.836 bits per heavy atom.